The quantitative estimate of drug-likeness (QED) is 0.622. The molecular formula is C9H13NO. The van der Waals surface area contributed by atoms with Crippen molar-refractivity contribution in [1.82, 2.24) is 0 Å². The summed E-state index contributed by atoms with van der Waals surface area (Å²) in [6.45, 7) is 3.95. The van der Waals surface area contributed by atoms with Gasteiger partial charge in [0.1, 0.15) is 5.75 Å². The van der Waals surface area contributed by atoms with E-state index >= 15 is 0 Å². The van der Waals surface area contributed by atoms with E-state index in [-0.39, 0.29) is 0 Å². The van der Waals surface area contributed by atoms with E-state index in [4.69, 9.17) is 10.5 Å². The van der Waals surface area contributed by atoms with E-state index in [1.165, 1.54) is 0 Å². The van der Waals surface area contributed by atoms with Crippen LogP contribution in [0.25, 0.3) is 0 Å². The monoisotopic (exact) mass is 151 g/mol. The summed E-state index contributed by atoms with van der Waals surface area (Å²) in [6.07, 6.45) is 0. The molecule has 0 atom stereocenters. The van der Waals surface area contributed by atoms with Crippen LogP contribution in [-0.2, 0) is 0 Å². The second kappa shape index (κ2) is 2.82. The third-order valence-corrected chi connectivity index (χ3v) is 1.80. The summed E-state index contributed by atoms with van der Waals surface area (Å²) < 4.78 is 5.08. The van der Waals surface area contributed by atoms with Crippen molar-refractivity contribution < 1.29 is 4.74 Å². The lowest BCUT2D eigenvalue weighted by molar-refractivity contribution is 0.414. The Morgan fingerprint density at radius 3 is 2.00 bits per heavy atom. The number of ether oxygens (including phenoxy) is 1. The Kier molecular flexibility index (Phi) is 2.03. The van der Waals surface area contributed by atoms with Crippen LogP contribution in [0, 0.1) is 13.8 Å². The fourth-order valence-electron chi connectivity index (χ4n) is 1.05. The Morgan fingerprint density at radius 1 is 1.18 bits per heavy atom. The number of benzene rings is 1. The molecular weight excluding hydrogens is 138 g/mol. The van der Waals surface area contributed by atoms with E-state index < -0.39 is 0 Å². The summed E-state index contributed by atoms with van der Waals surface area (Å²) >= 11 is 0. The fourth-order valence-corrected chi connectivity index (χ4v) is 1.05. The minimum Gasteiger partial charge on any atom is -0.497 e. The van der Waals surface area contributed by atoms with Crippen molar-refractivity contribution in [2.24, 2.45) is 0 Å². The Balaban J connectivity index is 3.21. The topological polar surface area (TPSA) is 35.2 Å². The molecule has 0 aliphatic carbocycles. The molecule has 0 aliphatic rings. The molecule has 1 rings (SSSR count). The number of nitrogens with two attached hydrogens (primary N) is 1. The molecule has 2 heteroatoms. The summed E-state index contributed by atoms with van der Waals surface area (Å²) in [5.41, 5.74) is 8.74. The normalized spacial score (nSPS) is 9.73. The van der Waals surface area contributed by atoms with Crippen molar-refractivity contribution in [3.8, 4) is 5.75 Å². The average Bonchev–Trinajstić information content (AvgIpc) is 1.99. The number of hydrogen-bond donors (Lipinski definition) is 1. The molecule has 0 radical (unpaired) electrons. The molecule has 0 spiro atoms. The lowest BCUT2D eigenvalue weighted by Gasteiger charge is -2.06. The van der Waals surface area contributed by atoms with Gasteiger partial charge in [-0.3, -0.25) is 0 Å². The Bertz CT molecular complexity index is 245. The standard InChI is InChI=1S/C9H13NO/c1-6-4-8(11-3)5-7(2)9(6)10/h4-5H,10H2,1-3H3. The van der Waals surface area contributed by atoms with E-state index in [0.29, 0.717) is 0 Å². The van der Waals surface area contributed by atoms with Gasteiger partial charge in [0.15, 0.2) is 0 Å². The summed E-state index contributed by atoms with van der Waals surface area (Å²) in [6, 6.07) is 3.87. The maximum atomic E-state index is 5.75. The number of anilines is 1. The smallest absolute Gasteiger partial charge is 0.119 e. The molecule has 2 nitrogen and oxygen atoms in total. The van der Waals surface area contributed by atoms with Gasteiger partial charge in [-0.25, -0.2) is 0 Å². The number of hydrogen-bond acceptors (Lipinski definition) is 2. The molecule has 0 fully saturated rings. The molecule has 0 aliphatic heterocycles. The van der Waals surface area contributed by atoms with Crippen LogP contribution in [0.2, 0.25) is 0 Å². The second-order valence-corrected chi connectivity index (χ2v) is 2.67. The van der Waals surface area contributed by atoms with Gasteiger partial charge in [-0.1, -0.05) is 0 Å². The van der Waals surface area contributed by atoms with Crippen molar-refractivity contribution >= 4 is 5.69 Å². The maximum Gasteiger partial charge on any atom is 0.119 e. The average molecular weight is 151 g/mol. The molecule has 1 aromatic rings. The number of methoxy groups -OCH3 is 1. The van der Waals surface area contributed by atoms with Gasteiger partial charge in [0.05, 0.1) is 7.11 Å². The zero-order valence-corrected chi connectivity index (χ0v) is 7.14. The Morgan fingerprint density at radius 2 is 1.64 bits per heavy atom. The van der Waals surface area contributed by atoms with Crippen LogP contribution in [0.3, 0.4) is 0 Å². The fraction of sp³-hybridized carbons (Fsp3) is 0.333. The lowest BCUT2D eigenvalue weighted by Crippen LogP contribution is -1.94. The van der Waals surface area contributed by atoms with E-state index in [9.17, 15) is 0 Å². The van der Waals surface area contributed by atoms with Gasteiger partial charge in [-0.2, -0.15) is 0 Å². The first-order valence-corrected chi connectivity index (χ1v) is 3.56. The molecule has 0 unspecified atom stereocenters. The molecule has 0 aromatic heterocycles. The summed E-state index contributed by atoms with van der Waals surface area (Å²) in [5.74, 6) is 0.870. The first-order valence-electron chi connectivity index (χ1n) is 3.56. The Hall–Kier alpha value is -1.18. The van der Waals surface area contributed by atoms with Gasteiger partial charge < -0.3 is 10.5 Å². The zero-order chi connectivity index (χ0) is 8.43. The molecule has 0 amide bonds. The van der Waals surface area contributed by atoms with Crippen LogP contribution in [0.1, 0.15) is 11.1 Å². The Labute approximate surface area is 67.0 Å². The van der Waals surface area contributed by atoms with Crippen LogP contribution in [-0.4, -0.2) is 7.11 Å². The van der Waals surface area contributed by atoms with Crippen molar-refractivity contribution in [3.05, 3.63) is 23.3 Å². The molecule has 1 aromatic carbocycles. The van der Waals surface area contributed by atoms with E-state index in [2.05, 4.69) is 0 Å². The van der Waals surface area contributed by atoms with Gasteiger partial charge in [0, 0.05) is 5.69 Å². The predicted molar refractivity (Wildman–Crippen MR) is 46.9 cm³/mol. The summed E-state index contributed by atoms with van der Waals surface area (Å²) in [5, 5.41) is 0. The number of nitrogen functional groups attached to an aromatic ring is 1. The highest BCUT2D eigenvalue weighted by molar-refractivity contribution is 5.55. The van der Waals surface area contributed by atoms with Gasteiger partial charge in [-0.05, 0) is 37.1 Å². The summed E-state index contributed by atoms with van der Waals surface area (Å²) in [4.78, 5) is 0. The van der Waals surface area contributed by atoms with Gasteiger partial charge in [0.2, 0.25) is 0 Å². The molecule has 2 N–H and O–H groups in total. The summed E-state index contributed by atoms with van der Waals surface area (Å²) in [7, 11) is 1.66. The van der Waals surface area contributed by atoms with Crippen LogP contribution < -0.4 is 10.5 Å². The van der Waals surface area contributed by atoms with Crippen LogP contribution in [0.5, 0.6) is 5.75 Å². The zero-order valence-electron chi connectivity index (χ0n) is 7.14. The van der Waals surface area contributed by atoms with Crippen molar-refractivity contribution in [2.75, 3.05) is 12.8 Å². The molecule has 11 heavy (non-hydrogen) atoms. The second-order valence-electron chi connectivity index (χ2n) is 2.67. The SMILES string of the molecule is COc1cc(C)c(N)c(C)c1. The highest BCUT2D eigenvalue weighted by atomic mass is 16.5. The third-order valence-electron chi connectivity index (χ3n) is 1.80. The minimum atomic E-state index is 0.853. The van der Waals surface area contributed by atoms with E-state index in [1.54, 1.807) is 7.11 Å². The van der Waals surface area contributed by atoms with Gasteiger partial charge in [-0.15, -0.1) is 0 Å². The van der Waals surface area contributed by atoms with Crippen molar-refractivity contribution in [2.45, 2.75) is 13.8 Å². The van der Waals surface area contributed by atoms with Gasteiger partial charge >= 0.3 is 0 Å². The molecule has 0 bridgehead atoms. The van der Waals surface area contributed by atoms with Crippen LogP contribution in [0.4, 0.5) is 5.69 Å². The molecule has 60 valence electrons. The molecule has 0 saturated carbocycles. The highest BCUT2D eigenvalue weighted by Crippen LogP contribution is 2.22. The van der Waals surface area contributed by atoms with Crippen LogP contribution >= 0.6 is 0 Å². The minimum absolute atomic E-state index is 0.853. The predicted octanol–water partition coefficient (Wildman–Crippen LogP) is 1.89. The highest BCUT2D eigenvalue weighted by Gasteiger charge is 2.00. The first-order chi connectivity index (χ1) is 5.15. The molecule has 0 saturated heterocycles. The lowest BCUT2D eigenvalue weighted by atomic mass is 10.1. The molecule has 0 heterocycles. The van der Waals surface area contributed by atoms with E-state index in [1.807, 2.05) is 26.0 Å². The third kappa shape index (κ3) is 1.45. The number of rotatable bonds is 1. The van der Waals surface area contributed by atoms with Gasteiger partial charge in [0.25, 0.3) is 0 Å². The van der Waals surface area contributed by atoms with Crippen LogP contribution in [0.15, 0.2) is 12.1 Å². The number of aryl methyl sites for hydroxylation is 2. The maximum absolute atomic E-state index is 5.75. The van der Waals surface area contributed by atoms with Crippen molar-refractivity contribution in [3.63, 3.8) is 0 Å². The van der Waals surface area contributed by atoms with E-state index in [0.717, 1.165) is 22.6 Å². The first kappa shape index (κ1) is 7.92. The van der Waals surface area contributed by atoms with Crippen molar-refractivity contribution in [1.29, 1.82) is 0 Å². The largest absolute Gasteiger partial charge is 0.497 e.